The molecule has 0 aliphatic heterocycles. The molecule has 0 N–H and O–H groups in total. The summed E-state index contributed by atoms with van der Waals surface area (Å²) in [4.78, 5) is 12.4. The second-order valence-corrected chi connectivity index (χ2v) is 8.75. The predicted molar refractivity (Wildman–Crippen MR) is 135 cm³/mol. The number of hydrogen-bond donors (Lipinski definition) is 0. The van der Waals surface area contributed by atoms with Gasteiger partial charge in [0.05, 0.1) is 12.2 Å². The minimum absolute atomic E-state index is 0.449. The third-order valence-corrected chi connectivity index (χ3v) is 5.90. The van der Waals surface area contributed by atoms with E-state index in [1.54, 1.807) is 12.1 Å². The van der Waals surface area contributed by atoms with Crippen LogP contribution in [-0.2, 0) is 4.74 Å². The van der Waals surface area contributed by atoms with E-state index in [0.29, 0.717) is 12.0 Å². The lowest BCUT2D eigenvalue weighted by Crippen LogP contribution is -2.20. The maximum absolute atomic E-state index is 13.2. The lowest BCUT2D eigenvalue weighted by molar-refractivity contribution is 0.0212. The van der Waals surface area contributed by atoms with Gasteiger partial charge in [-0.15, -0.1) is 0 Å². The Balaban J connectivity index is 1.79. The van der Waals surface area contributed by atoms with Crippen molar-refractivity contribution in [2.24, 2.45) is 0 Å². The summed E-state index contributed by atoms with van der Waals surface area (Å²) in [6.07, 6.45) is 11.6. The van der Waals surface area contributed by atoms with Gasteiger partial charge in [-0.3, -0.25) is 0 Å². The van der Waals surface area contributed by atoms with Crippen molar-refractivity contribution in [3.63, 3.8) is 0 Å². The molecule has 0 aromatic heterocycles. The molecule has 0 fully saturated rings. The molecule has 0 bridgehead atoms. The van der Waals surface area contributed by atoms with Crippen molar-refractivity contribution >= 4 is 5.97 Å². The number of halogens is 1. The van der Waals surface area contributed by atoms with Crippen molar-refractivity contribution < 1.29 is 18.7 Å². The zero-order valence-electron chi connectivity index (χ0n) is 20.5. The Morgan fingerprint density at radius 2 is 1.30 bits per heavy atom. The highest BCUT2D eigenvalue weighted by molar-refractivity contribution is 5.90. The first-order valence-corrected chi connectivity index (χ1v) is 12.8. The minimum Gasteiger partial charge on any atom is -0.494 e. The number of benzene rings is 2. The van der Waals surface area contributed by atoms with Crippen molar-refractivity contribution in [3.8, 4) is 16.9 Å². The molecule has 0 amide bonds. The largest absolute Gasteiger partial charge is 0.494 e. The Hall–Kier alpha value is -2.36. The first kappa shape index (κ1) is 26.9. The van der Waals surface area contributed by atoms with Gasteiger partial charge in [-0.25, -0.2) is 9.18 Å². The number of carbonyl (C=O) groups is 1. The fraction of sp³-hybridized carbons (Fsp3) is 0.552. The quantitative estimate of drug-likeness (QED) is 0.177. The van der Waals surface area contributed by atoms with Gasteiger partial charge in [-0.05, 0) is 54.7 Å². The molecule has 0 spiro atoms. The van der Waals surface area contributed by atoms with Crippen LogP contribution in [0.5, 0.6) is 5.75 Å². The second kappa shape index (κ2) is 16.3. The normalized spacial score (nSPS) is 11.8. The Morgan fingerprint density at radius 1 is 0.758 bits per heavy atom. The van der Waals surface area contributed by atoms with Crippen LogP contribution in [0.1, 0.15) is 94.8 Å². The molecular weight excluding hydrogens is 415 g/mol. The van der Waals surface area contributed by atoms with Crippen LogP contribution in [-0.4, -0.2) is 25.4 Å². The molecular formula is C29H41FO3. The molecule has 182 valence electrons. The number of unbranched alkanes of at least 4 members (excludes halogenated alkanes) is 8. The summed E-state index contributed by atoms with van der Waals surface area (Å²) in [5.74, 6) is 0.418. The topological polar surface area (TPSA) is 35.5 Å². The molecule has 2 aromatic carbocycles. The summed E-state index contributed by atoms with van der Waals surface area (Å²) in [6.45, 7) is 4.48. The van der Waals surface area contributed by atoms with Crippen LogP contribution in [0.3, 0.4) is 0 Å². The fourth-order valence-corrected chi connectivity index (χ4v) is 3.80. The number of ether oxygens (including phenoxy) is 2. The standard InChI is InChI=1S/C29H41FO3/c1-3-5-7-9-10-12-22-32-27-20-18-25(19-21-27)24-14-16-26(17-15-24)29(31)33-28(23-30)13-11-8-6-4-2/h14-21,28H,3-13,22-23H2,1-2H3. The SMILES string of the molecule is CCCCCCCCOc1ccc(-c2ccc(C(=O)OC(CF)CCCCCC)cc2)cc1. The number of hydrogen-bond acceptors (Lipinski definition) is 3. The molecule has 0 heterocycles. The van der Waals surface area contributed by atoms with Gasteiger partial charge >= 0.3 is 5.97 Å². The lowest BCUT2D eigenvalue weighted by atomic mass is 10.0. The van der Waals surface area contributed by atoms with E-state index in [0.717, 1.165) is 55.6 Å². The highest BCUT2D eigenvalue weighted by Gasteiger charge is 2.16. The molecule has 0 aliphatic carbocycles. The second-order valence-electron chi connectivity index (χ2n) is 8.75. The fourth-order valence-electron chi connectivity index (χ4n) is 3.80. The van der Waals surface area contributed by atoms with Crippen molar-refractivity contribution in [1.82, 2.24) is 0 Å². The zero-order chi connectivity index (χ0) is 23.7. The molecule has 1 atom stereocenters. The average Bonchev–Trinajstić information content (AvgIpc) is 2.85. The number of rotatable bonds is 17. The monoisotopic (exact) mass is 456 g/mol. The maximum atomic E-state index is 13.2. The highest BCUT2D eigenvalue weighted by Crippen LogP contribution is 2.23. The van der Waals surface area contributed by atoms with Crippen LogP contribution in [0.2, 0.25) is 0 Å². The van der Waals surface area contributed by atoms with E-state index >= 15 is 0 Å². The third kappa shape index (κ3) is 10.4. The summed E-state index contributed by atoms with van der Waals surface area (Å²) in [6, 6.07) is 15.3. The van der Waals surface area contributed by atoms with Crippen LogP contribution in [0, 0.1) is 0 Å². The first-order chi connectivity index (χ1) is 16.2. The van der Waals surface area contributed by atoms with Gasteiger partial charge in [0.2, 0.25) is 0 Å². The van der Waals surface area contributed by atoms with E-state index in [-0.39, 0.29) is 0 Å². The van der Waals surface area contributed by atoms with E-state index in [2.05, 4.69) is 13.8 Å². The molecule has 0 radical (unpaired) electrons. The first-order valence-electron chi connectivity index (χ1n) is 12.8. The Bertz CT molecular complexity index is 770. The molecule has 4 heteroatoms. The lowest BCUT2D eigenvalue weighted by Gasteiger charge is -2.15. The van der Waals surface area contributed by atoms with Gasteiger partial charge in [0.15, 0.2) is 0 Å². The minimum atomic E-state index is -0.655. The third-order valence-electron chi connectivity index (χ3n) is 5.90. The molecule has 0 saturated carbocycles. The Labute approximate surface area is 199 Å². The molecule has 2 rings (SSSR count). The molecule has 0 saturated heterocycles. The van der Waals surface area contributed by atoms with Gasteiger partial charge in [0.1, 0.15) is 18.5 Å². The van der Waals surface area contributed by atoms with Crippen LogP contribution < -0.4 is 4.74 Å². The van der Waals surface area contributed by atoms with Crippen molar-refractivity contribution in [3.05, 3.63) is 54.1 Å². The van der Waals surface area contributed by atoms with Crippen LogP contribution in [0.25, 0.3) is 11.1 Å². The molecule has 33 heavy (non-hydrogen) atoms. The van der Waals surface area contributed by atoms with E-state index < -0.39 is 18.7 Å². The van der Waals surface area contributed by atoms with E-state index in [1.807, 2.05) is 36.4 Å². The van der Waals surface area contributed by atoms with E-state index in [9.17, 15) is 9.18 Å². The number of alkyl halides is 1. The zero-order valence-corrected chi connectivity index (χ0v) is 20.5. The molecule has 1 unspecified atom stereocenters. The summed E-state index contributed by atoms with van der Waals surface area (Å²) < 4.78 is 24.5. The summed E-state index contributed by atoms with van der Waals surface area (Å²) >= 11 is 0. The molecule has 3 nitrogen and oxygen atoms in total. The number of esters is 1. The number of carbonyl (C=O) groups excluding carboxylic acids is 1. The average molecular weight is 457 g/mol. The van der Waals surface area contributed by atoms with Gasteiger partial charge in [-0.1, -0.05) is 89.5 Å². The van der Waals surface area contributed by atoms with E-state index in [4.69, 9.17) is 9.47 Å². The predicted octanol–water partition coefficient (Wildman–Crippen LogP) is 8.56. The molecule has 2 aromatic rings. The van der Waals surface area contributed by atoms with E-state index in [1.165, 1.54) is 32.1 Å². The van der Waals surface area contributed by atoms with Crippen molar-refractivity contribution in [2.75, 3.05) is 13.3 Å². The van der Waals surface area contributed by atoms with Crippen LogP contribution in [0.4, 0.5) is 4.39 Å². The highest BCUT2D eigenvalue weighted by atomic mass is 19.1. The van der Waals surface area contributed by atoms with Gasteiger partial charge < -0.3 is 9.47 Å². The van der Waals surface area contributed by atoms with Crippen LogP contribution >= 0.6 is 0 Å². The van der Waals surface area contributed by atoms with Gasteiger partial charge in [-0.2, -0.15) is 0 Å². The Kier molecular flexibility index (Phi) is 13.3. The summed E-state index contributed by atoms with van der Waals surface area (Å²) in [5.41, 5.74) is 2.51. The smallest absolute Gasteiger partial charge is 0.338 e. The summed E-state index contributed by atoms with van der Waals surface area (Å²) in [7, 11) is 0. The maximum Gasteiger partial charge on any atom is 0.338 e. The van der Waals surface area contributed by atoms with Crippen molar-refractivity contribution in [1.29, 1.82) is 0 Å². The van der Waals surface area contributed by atoms with Crippen LogP contribution in [0.15, 0.2) is 48.5 Å². The Morgan fingerprint density at radius 3 is 1.91 bits per heavy atom. The van der Waals surface area contributed by atoms with Gasteiger partial charge in [0.25, 0.3) is 0 Å². The molecule has 0 aliphatic rings. The van der Waals surface area contributed by atoms with Crippen molar-refractivity contribution in [2.45, 2.75) is 90.6 Å². The summed E-state index contributed by atoms with van der Waals surface area (Å²) in [5, 5.41) is 0. The van der Waals surface area contributed by atoms with Gasteiger partial charge in [0, 0.05) is 0 Å².